The lowest BCUT2D eigenvalue weighted by Crippen LogP contribution is -2.67. The summed E-state index contributed by atoms with van der Waals surface area (Å²) in [7, 11) is 0. The standard InChI is InChI=1S/C16H28N2O10/c1-6(21)17-11-9(23)3-8(4-19)26-16(11)28-14-10(5-20)27-15(25)12(13(14)24)18-7(2)22/h8-16,19-20,23-25H,3-5H2,1-2H3,(H,17,21)(H,18,22)/t8-,9-,10+,11+,12+,13+,14+,15?,16-/m0/s1. The van der Waals surface area contributed by atoms with Crippen LogP contribution in [0.4, 0.5) is 0 Å². The summed E-state index contributed by atoms with van der Waals surface area (Å²) in [6.07, 6.45) is -8.69. The van der Waals surface area contributed by atoms with Crippen molar-refractivity contribution in [3.05, 3.63) is 0 Å². The van der Waals surface area contributed by atoms with Gasteiger partial charge >= 0.3 is 0 Å². The van der Waals surface area contributed by atoms with E-state index >= 15 is 0 Å². The fourth-order valence-electron chi connectivity index (χ4n) is 3.36. The molecule has 12 nitrogen and oxygen atoms in total. The molecule has 9 atom stereocenters. The van der Waals surface area contributed by atoms with Crippen molar-refractivity contribution in [2.45, 2.75) is 75.5 Å². The van der Waals surface area contributed by atoms with Gasteiger partial charge in [-0.2, -0.15) is 0 Å². The lowest BCUT2D eigenvalue weighted by molar-refractivity contribution is -0.316. The Morgan fingerprint density at radius 1 is 1.00 bits per heavy atom. The second-order valence-corrected chi connectivity index (χ2v) is 6.90. The molecule has 0 radical (unpaired) electrons. The maximum Gasteiger partial charge on any atom is 0.217 e. The normalized spacial score (nSPS) is 41.3. The molecule has 0 saturated carbocycles. The molecule has 2 aliphatic rings. The zero-order chi connectivity index (χ0) is 21.0. The molecule has 28 heavy (non-hydrogen) atoms. The van der Waals surface area contributed by atoms with E-state index in [0.29, 0.717) is 0 Å². The SMILES string of the molecule is CC(=O)N[C@H]1[C@H](O[C@H]2[C@H](O)[C@@H](NC(C)=O)C(O)O[C@@H]2CO)O[C@H](CO)C[C@@H]1O. The first-order chi connectivity index (χ1) is 13.2. The van der Waals surface area contributed by atoms with Crippen molar-refractivity contribution in [2.24, 2.45) is 0 Å². The van der Waals surface area contributed by atoms with Crippen LogP contribution >= 0.6 is 0 Å². The van der Waals surface area contributed by atoms with Crippen LogP contribution in [0.25, 0.3) is 0 Å². The minimum Gasteiger partial charge on any atom is -0.394 e. The highest BCUT2D eigenvalue weighted by Crippen LogP contribution is 2.28. The number of aliphatic hydroxyl groups is 5. The first-order valence-electron chi connectivity index (χ1n) is 8.94. The number of carbonyl (C=O) groups is 2. The van der Waals surface area contributed by atoms with Gasteiger partial charge in [-0.25, -0.2) is 0 Å². The van der Waals surface area contributed by atoms with Crippen molar-refractivity contribution in [1.29, 1.82) is 0 Å². The average Bonchev–Trinajstić information content (AvgIpc) is 2.62. The molecular weight excluding hydrogens is 380 g/mol. The summed E-state index contributed by atoms with van der Waals surface area (Å²) in [5.41, 5.74) is 0. The zero-order valence-corrected chi connectivity index (χ0v) is 15.6. The Morgan fingerprint density at radius 2 is 1.61 bits per heavy atom. The van der Waals surface area contributed by atoms with E-state index in [9.17, 15) is 35.1 Å². The summed E-state index contributed by atoms with van der Waals surface area (Å²) in [6.45, 7) is 1.38. The topological polar surface area (TPSA) is 187 Å². The van der Waals surface area contributed by atoms with Gasteiger partial charge in [0.25, 0.3) is 0 Å². The quantitative estimate of drug-likeness (QED) is 0.228. The highest BCUT2D eigenvalue weighted by atomic mass is 16.7. The van der Waals surface area contributed by atoms with Crippen LogP contribution < -0.4 is 10.6 Å². The summed E-state index contributed by atoms with van der Waals surface area (Å²) >= 11 is 0. The molecule has 7 N–H and O–H groups in total. The Labute approximate surface area is 161 Å². The smallest absolute Gasteiger partial charge is 0.217 e. The fraction of sp³-hybridized carbons (Fsp3) is 0.875. The number of hydrogen-bond donors (Lipinski definition) is 7. The number of aliphatic hydroxyl groups excluding tert-OH is 5. The molecule has 12 heteroatoms. The highest BCUT2D eigenvalue weighted by molar-refractivity contribution is 5.73. The van der Waals surface area contributed by atoms with Crippen LogP contribution in [0, 0.1) is 0 Å². The van der Waals surface area contributed by atoms with Crippen LogP contribution in [0.3, 0.4) is 0 Å². The van der Waals surface area contributed by atoms with E-state index in [2.05, 4.69) is 10.6 Å². The third-order valence-corrected chi connectivity index (χ3v) is 4.65. The van der Waals surface area contributed by atoms with Gasteiger partial charge < -0.3 is 50.4 Å². The van der Waals surface area contributed by atoms with E-state index in [1.54, 1.807) is 0 Å². The lowest BCUT2D eigenvalue weighted by atomic mass is 9.95. The van der Waals surface area contributed by atoms with E-state index in [1.807, 2.05) is 0 Å². The molecule has 0 aromatic heterocycles. The van der Waals surface area contributed by atoms with Crippen molar-refractivity contribution in [2.75, 3.05) is 13.2 Å². The Balaban J connectivity index is 2.22. The second-order valence-electron chi connectivity index (χ2n) is 6.90. The molecule has 1 unspecified atom stereocenters. The minimum atomic E-state index is -1.59. The molecule has 2 amide bonds. The summed E-state index contributed by atoms with van der Waals surface area (Å²) in [6, 6.07) is -2.26. The molecule has 2 fully saturated rings. The van der Waals surface area contributed by atoms with Crippen LogP contribution in [0.2, 0.25) is 0 Å². The van der Waals surface area contributed by atoms with E-state index in [4.69, 9.17) is 14.2 Å². The average molecular weight is 408 g/mol. The Hall–Kier alpha value is -1.38. The molecule has 2 heterocycles. The van der Waals surface area contributed by atoms with Gasteiger partial charge in [0.1, 0.15) is 30.4 Å². The first kappa shape index (κ1) is 22.9. The van der Waals surface area contributed by atoms with Gasteiger partial charge in [0.05, 0.1) is 25.4 Å². The molecular formula is C16H28N2O10. The Bertz CT molecular complexity index is 550. The van der Waals surface area contributed by atoms with Crippen molar-refractivity contribution < 1.29 is 49.3 Å². The third-order valence-electron chi connectivity index (χ3n) is 4.65. The minimum absolute atomic E-state index is 0.0433. The van der Waals surface area contributed by atoms with Crippen molar-refractivity contribution >= 4 is 11.8 Å². The van der Waals surface area contributed by atoms with E-state index in [-0.39, 0.29) is 6.42 Å². The molecule has 0 aliphatic carbocycles. The molecule has 2 aliphatic heterocycles. The third kappa shape index (κ3) is 5.36. The molecule has 2 rings (SSSR count). The lowest BCUT2D eigenvalue weighted by Gasteiger charge is -2.46. The van der Waals surface area contributed by atoms with Gasteiger partial charge in [-0.1, -0.05) is 0 Å². The van der Waals surface area contributed by atoms with E-state index in [0.717, 1.165) is 0 Å². The van der Waals surface area contributed by atoms with E-state index < -0.39 is 80.2 Å². The van der Waals surface area contributed by atoms with Gasteiger partial charge in [-0.15, -0.1) is 0 Å². The van der Waals surface area contributed by atoms with E-state index in [1.165, 1.54) is 13.8 Å². The predicted octanol–water partition coefficient (Wildman–Crippen LogP) is -4.08. The maximum absolute atomic E-state index is 11.5. The highest BCUT2D eigenvalue weighted by Gasteiger charge is 2.49. The summed E-state index contributed by atoms with van der Waals surface area (Å²) in [5.74, 6) is -0.997. The van der Waals surface area contributed by atoms with Crippen LogP contribution in [-0.4, -0.2) is 106 Å². The van der Waals surface area contributed by atoms with Gasteiger partial charge in [0, 0.05) is 20.3 Å². The summed E-state index contributed by atoms with van der Waals surface area (Å²) in [4.78, 5) is 22.8. The largest absolute Gasteiger partial charge is 0.394 e. The van der Waals surface area contributed by atoms with Crippen LogP contribution in [-0.2, 0) is 23.8 Å². The molecule has 2 saturated heterocycles. The van der Waals surface area contributed by atoms with Gasteiger partial charge in [0.2, 0.25) is 11.8 Å². The number of rotatable bonds is 6. The fourth-order valence-corrected chi connectivity index (χ4v) is 3.36. The van der Waals surface area contributed by atoms with Gasteiger partial charge in [-0.05, 0) is 0 Å². The predicted molar refractivity (Wildman–Crippen MR) is 90.4 cm³/mol. The molecule has 0 aromatic rings. The van der Waals surface area contributed by atoms with Crippen LogP contribution in [0.5, 0.6) is 0 Å². The molecule has 0 aromatic carbocycles. The second kappa shape index (κ2) is 9.89. The van der Waals surface area contributed by atoms with Crippen molar-refractivity contribution in [3.8, 4) is 0 Å². The maximum atomic E-state index is 11.5. The van der Waals surface area contributed by atoms with Crippen molar-refractivity contribution in [1.82, 2.24) is 10.6 Å². The number of ether oxygens (including phenoxy) is 3. The first-order valence-corrected chi connectivity index (χ1v) is 8.94. The zero-order valence-electron chi connectivity index (χ0n) is 15.6. The number of amides is 2. The summed E-state index contributed by atoms with van der Waals surface area (Å²) in [5, 5.41) is 54.6. The monoisotopic (exact) mass is 408 g/mol. The van der Waals surface area contributed by atoms with Crippen LogP contribution in [0.15, 0.2) is 0 Å². The van der Waals surface area contributed by atoms with Crippen molar-refractivity contribution in [3.63, 3.8) is 0 Å². The van der Waals surface area contributed by atoms with Gasteiger partial charge in [0.15, 0.2) is 12.6 Å². The van der Waals surface area contributed by atoms with Crippen LogP contribution in [0.1, 0.15) is 20.3 Å². The Kier molecular flexibility index (Phi) is 8.09. The number of carbonyl (C=O) groups excluding carboxylic acids is 2. The number of nitrogens with one attached hydrogen (secondary N) is 2. The molecule has 0 bridgehead atoms. The molecule has 162 valence electrons. The molecule has 0 spiro atoms. The number of hydrogen-bond acceptors (Lipinski definition) is 10. The summed E-state index contributed by atoms with van der Waals surface area (Å²) < 4.78 is 16.5. The van der Waals surface area contributed by atoms with Gasteiger partial charge in [-0.3, -0.25) is 9.59 Å². The Morgan fingerprint density at radius 3 is 2.14 bits per heavy atom.